The van der Waals surface area contributed by atoms with Gasteiger partial charge in [-0.3, -0.25) is 10.1 Å². The van der Waals surface area contributed by atoms with Gasteiger partial charge in [0.15, 0.2) is 5.75 Å². The Kier molecular flexibility index (Phi) is 1.47. The highest BCUT2D eigenvalue weighted by Gasteiger charge is 1.96. The molecule has 1 aromatic heterocycles. The van der Waals surface area contributed by atoms with E-state index in [0.29, 0.717) is 0 Å². The Morgan fingerprint density at radius 1 is 1.25 bits per heavy atom. The average molecular weight is 158 g/mol. The molecule has 2 heteroatoms. The summed E-state index contributed by atoms with van der Waals surface area (Å²) < 4.78 is 0. The van der Waals surface area contributed by atoms with Crippen molar-refractivity contribution in [1.29, 1.82) is 0 Å². The van der Waals surface area contributed by atoms with E-state index in [1.807, 2.05) is 25.1 Å². The number of fused-ring (bicyclic) bond motifs is 1. The molecule has 1 heterocycles. The Morgan fingerprint density at radius 3 is 2.92 bits per heavy atom. The third kappa shape index (κ3) is 1.11. The number of nitrogens with zero attached hydrogens (tertiary/aromatic N) is 1. The molecule has 0 aliphatic heterocycles. The van der Waals surface area contributed by atoms with E-state index in [-0.39, 0.29) is 5.75 Å². The molecule has 0 fully saturated rings. The molecule has 2 rings (SSSR count). The van der Waals surface area contributed by atoms with Crippen LogP contribution in [0.2, 0.25) is 0 Å². The van der Waals surface area contributed by atoms with Gasteiger partial charge >= 0.3 is 0 Å². The van der Waals surface area contributed by atoms with Gasteiger partial charge in [-0.05, 0) is 25.1 Å². The van der Waals surface area contributed by atoms with Crippen molar-refractivity contribution >= 4 is 10.9 Å². The van der Waals surface area contributed by atoms with E-state index in [1.54, 1.807) is 6.07 Å². The molecule has 0 unspecified atom stereocenters. The second-order valence-corrected chi connectivity index (χ2v) is 2.87. The maximum Gasteiger partial charge on any atom is 0.197 e. The van der Waals surface area contributed by atoms with E-state index in [9.17, 15) is 5.11 Å². The maximum atomic E-state index is 10.9. The van der Waals surface area contributed by atoms with Crippen LogP contribution in [0.25, 0.3) is 10.9 Å². The van der Waals surface area contributed by atoms with Crippen molar-refractivity contribution in [1.82, 2.24) is 4.98 Å². The minimum Gasteiger partial charge on any atom is -0.288 e. The van der Waals surface area contributed by atoms with Gasteiger partial charge in [-0.25, -0.2) is 0 Å². The van der Waals surface area contributed by atoms with Crippen molar-refractivity contribution in [3.05, 3.63) is 36.0 Å². The Hall–Kier alpha value is -1.57. The first-order chi connectivity index (χ1) is 5.75. The zero-order valence-corrected chi connectivity index (χ0v) is 6.74. The molecule has 2 aromatic rings. The first-order valence-electron chi connectivity index (χ1n) is 3.79. The smallest absolute Gasteiger partial charge is 0.197 e. The quantitative estimate of drug-likeness (QED) is 0.580. The molecule has 2 nitrogen and oxygen atoms in total. The Labute approximate surface area is 70.5 Å². The van der Waals surface area contributed by atoms with Crippen molar-refractivity contribution in [2.75, 3.05) is 0 Å². The molecule has 0 spiro atoms. The third-order valence-corrected chi connectivity index (χ3v) is 1.81. The SMILES string of the molecule is Cc1ccc2ncc([O])cc2c1. The van der Waals surface area contributed by atoms with Crippen LogP contribution < -0.4 is 0 Å². The van der Waals surface area contributed by atoms with Crippen molar-refractivity contribution in [3.8, 4) is 5.75 Å². The van der Waals surface area contributed by atoms with E-state index < -0.39 is 0 Å². The number of benzene rings is 1. The average Bonchev–Trinajstić information content (AvgIpc) is 2.03. The number of hydrogen-bond acceptors (Lipinski definition) is 1. The van der Waals surface area contributed by atoms with Crippen molar-refractivity contribution < 1.29 is 5.11 Å². The van der Waals surface area contributed by atoms with Crippen molar-refractivity contribution in [2.45, 2.75) is 6.92 Å². The fraction of sp³-hybridized carbons (Fsp3) is 0.100. The summed E-state index contributed by atoms with van der Waals surface area (Å²) >= 11 is 0. The van der Waals surface area contributed by atoms with Crippen LogP contribution in [0, 0.1) is 6.92 Å². The predicted octanol–water partition coefficient (Wildman–Crippen LogP) is 2.69. The summed E-state index contributed by atoms with van der Waals surface area (Å²) in [5, 5.41) is 11.9. The second kappa shape index (κ2) is 2.48. The van der Waals surface area contributed by atoms with Crippen LogP contribution in [0.4, 0.5) is 0 Å². The number of hydrogen-bond donors (Lipinski definition) is 0. The molecule has 0 saturated heterocycles. The Morgan fingerprint density at radius 2 is 2.08 bits per heavy atom. The van der Waals surface area contributed by atoms with Crippen molar-refractivity contribution in [3.63, 3.8) is 0 Å². The Balaban J connectivity index is 2.80. The molecule has 1 aromatic carbocycles. The molecule has 0 aliphatic carbocycles. The van der Waals surface area contributed by atoms with Crippen LogP contribution in [-0.4, -0.2) is 4.98 Å². The van der Waals surface area contributed by atoms with Gasteiger partial charge in [-0.2, -0.15) is 0 Å². The minimum absolute atomic E-state index is 0.0342. The van der Waals surface area contributed by atoms with E-state index in [1.165, 1.54) is 6.20 Å². The highest BCUT2D eigenvalue weighted by atomic mass is 16.3. The monoisotopic (exact) mass is 158 g/mol. The summed E-state index contributed by atoms with van der Waals surface area (Å²) in [4.78, 5) is 4.01. The van der Waals surface area contributed by atoms with Gasteiger partial charge in [0.2, 0.25) is 0 Å². The van der Waals surface area contributed by atoms with E-state index in [2.05, 4.69) is 4.98 Å². The van der Waals surface area contributed by atoms with Gasteiger partial charge < -0.3 is 0 Å². The summed E-state index contributed by atoms with van der Waals surface area (Å²) in [6.45, 7) is 2.00. The lowest BCUT2D eigenvalue weighted by Crippen LogP contribution is -1.78. The zero-order valence-electron chi connectivity index (χ0n) is 6.74. The van der Waals surface area contributed by atoms with Crippen LogP contribution in [0.1, 0.15) is 5.56 Å². The lowest BCUT2D eigenvalue weighted by molar-refractivity contribution is 0.354. The number of pyridine rings is 1. The summed E-state index contributed by atoms with van der Waals surface area (Å²) in [6.07, 6.45) is 1.34. The first kappa shape index (κ1) is 7.10. The fourth-order valence-corrected chi connectivity index (χ4v) is 1.23. The topological polar surface area (TPSA) is 32.8 Å². The molecule has 12 heavy (non-hydrogen) atoms. The first-order valence-corrected chi connectivity index (χ1v) is 3.79. The second-order valence-electron chi connectivity index (χ2n) is 2.87. The third-order valence-electron chi connectivity index (χ3n) is 1.81. The van der Waals surface area contributed by atoms with Gasteiger partial charge in [0.1, 0.15) is 0 Å². The molecule has 0 amide bonds. The molecule has 0 saturated carbocycles. The van der Waals surface area contributed by atoms with E-state index in [4.69, 9.17) is 0 Å². The van der Waals surface area contributed by atoms with E-state index >= 15 is 0 Å². The fourth-order valence-electron chi connectivity index (χ4n) is 1.23. The molecule has 59 valence electrons. The van der Waals surface area contributed by atoms with Crippen LogP contribution in [0.5, 0.6) is 5.75 Å². The normalized spacial score (nSPS) is 10.4. The maximum absolute atomic E-state index is 10.9. The molecule has 0 aliphatic rings. The summed E-state index contributed by atoms with van der Waals surface area (Å²) in [6, 6.07) is 7.48. The van der Waals surface area contributed by atoms with Gasteiger partial charge in [0.25, 0.3) is 0 Å². The summed E-state index contributed by atoms with van der Waals surface area (Å²) in [5.74, 6) is -0.0342. The molecular formula is C10H8NO. The van der Waals surface area contributed by atoms with Crippen LogP contribution in [-0.2, 0) is 5.11 Å². The summed E-state index contributed by atoms with van der Waals surface area (Å²) in [7, 11) is 0. The lowest BCUT2D eigenvalue weighted by atomic mass is 10.1. The summed E-state index contributed by atoms with van der Waals surface area (Å²) in [5.41, 5.74) is 2.02. The number of rotatable bonds is 0. The van der Waals surface area contributed by atoms with Gasteiger partial charge in [0.05, 0.1) is 11.7 Å². The number of aromatic nitrogens is 1. The molecule has 1 radical (unpaired) electrons. The standard InChI is InChI=1S/C10H8NO/c1-7-2-3-10-8(4-7)5-9(12)6-11-10/h2-6H,1H3. The van der Waals surface area contributed by atoms with Gasteiger partial charge in [0, 0.05) is 5.39 Å². The molecular weight excluding hydrogens is 150 g/mol. The molecule has 0 atom stereocenters. The number of aryl methyl sites for hydroxylation is 1. The van der Waals surface area contributed by atoms with E-state index in [0.717, 1.165) is 16.5 Å². The van der Waals surface area contributed by atoms with Crippen molar-refractivity contribution in [2.24, 2.45) is 0 Å². The van der Waals surface area contributed by atoms with Gasteiger partial charge in [-0.1, -0.05) is 11.6 Å². The Bertz CT molecular complexity index is 386. The molecule has 0 N–H and O–H groups in total. The molecule has 0 bridgehead atoms. The largest absolute Gasteiger partial charge is 0.288 e. The predicted molar refractivity (Wildman–Crippen MR) is 46.6 cm³/mol. The van der Waals surface area contributed by atoms with Crippen LogP contribution >= 0.6 is 0 Å². The zero-order chi connectivity index (χ0) is 8.55. The minimum atomic E-state index is -0.0342. The van der Waals surface area contributed by atoms with Gasteiger partial charge in [-0.15, -0.1) is 0 Å². The lowest BCUT2D eigenvalue weighted by Gasteiger charge is -1.97. The highest BCUT2D eigenvalue weighted by Crippen LogP contribution is 2.18. The van der Waals surface area contributed by atoms with Crippen LogP contribution in [0.3, 0.4) is 0 Å². The highest BCUT2D eigenvalue weighted by molar-refractivity contribution is 5.80. The van der Waals surface area contributed by atoms with Crippen LogP contribution in [0.15, 0.2) is 30.5 Å².